The first-order chi connectivity index (χ1) is 4.71. The van der Waals surface area contributed by atoms with Crippen LogP contribution >= 0.6 is 11.1 Å². The highest BCUT2D eigenvalue weighted by Crippen LogP contribution is 2.28. The zero-order chi connectivity index (χ0) is 7.45. The molecule has 1 fully saturated rings. The lowest BCUT2D eigenvalue weighted by atomic mass is 10.2. The number of hydrogen-bond acceptors (Lipinski definition) is 0. The van der Waals surface area contributed by atoms with Gasteiger partial charge in [0.15, 0.2) is 7.38 Å². The van der Waals surface area contributed by atoms with E-state index in [0.29, 0.717) is 0 Å². The van der Waals surface area contributed by atoms with Crippen LogP contribution in [0.5, 0.6) is 0 Å². The van der Waals surface area contributed by atoms with E-state index in [1.807, 2.05) is 0 Å². The Hall–Kier alpha value is 0.507. The first kappa shape index (κ1) is 8.60. The Labute approximate surface area is 69.7 Å². The van der Waals surface area contributed by atoms with Crippen molar-refractivity contribution in [2.24, 2.45) is 0 Å². The van der Waals surface area contributed by atoms with E-state index >= 15 is 0 Å². The summed E-state index contributed by atoms with van der Waals surface area (Å²) in [6, 6.07) is 2.71. The van der Waals surface area contributed by atoms with E-state index in [-0.39, 0.29) is 0 Å². The van der Waals surface area contributed by atoms with Gasteiger partial charge in [0.05, 0.1) is 0 Å². The third-order valence-electron chi connectivity index (χ3n) is 2.40. The molecule has 0 aliphatic carbocycles. The molecule has 1 heterocycles. The van der Waals surface area contributed by atoms with Crippen molar-refractivity contribution < 1.29 is 0 Å². The van der Waals surface area contributed by atoms with Crippen LogP contribution in [0.15, 0.2) is 0 Å². The van der Waals surface area contributed by atoms with Crippen molar-refractivity contribution in [3.63, 3.8) is 0 Å². The molecule has 0 N–H and O–H groups in total. The molecule has 0 amide bonds. The van der Waals surface area contributed by atoms with Crippen molar-refractivity contribution >= 4 is 18.5 Å². The summed E-state index contributed by atoms with van der Waals surface area (Å²) >= 11 is 6.39. The predicted molar refractivity (Wildman–Crippen MR) is 50.2 cm³/mol. The maximum absolute atomic E-state index is 6.39. The highest BCUT2D eigenvalue weighted by atomic mass is 35.6. The Bertz CT molecular complexity index is 91.4. The van der Waals surface area contributed by atoms with Gasteiger partial charge in [-0.05, 0) is 12.1 Å². The monoisotopic (exact) mass is 176 g/mol. The van der Waals surface area contributed by atoms with Gasteiger partial charge in [-0.3, -0.25) is 0 Å². The lowest BCUT2D eigenvalue weighted by Crippen LogP contribution is -2.22. The minimum Gasteiger partial charge on any atom is -0.167 e. The van der Waals surface area contributed by atoms with Crippen LogP contribution in [0.2, 0.25) is 18.6 Å². The predicted octanol–water partition coefficient (Wildman–Crippen LogP) is 3.76. The summed E-state index contributed by atoms with van der Waals surface area (Å²) in [6.45, 7) is 2.32. The van der Waals surface area contributed by atoms with E-state index in [1.54, 1.807) is 0 Å². The molecule has 0 nitrogen and oxygen atoms in total. The number of halogens is 1. The normalized spacial score (nSPS) is 27.0. The summed E-state index contributed by atoms with van der Waals surface area (Å²) in [6.07, 6.45) is 7.09. The second-order valence-corrected chi connectivity index (χ2v) is 10.2. The Balaban J connectivity index is 2.30. The molecule has 0 radical (unpaired) electrons. The molecule has 1 rings (SSSR count). The van der Waals surface area contributed by atoms with Gasteiger partial charge in [0.1, 0.15) is 0 Å². The lowest BCUT2D eigenvalue weighted by Gasteiger charge is -2.21. The first-order valence-electron chi connectivity index (χ1n) is 4.40. The van der Waals surface area contributed by atoms with E-state index in [0.717, 1.165) is 0 Å². The van der Waals surface area contributed by atoms with Crippen molar-refractivity contribution in [1.82, 2.24) is 0 Å². The second-order valence-electron chi connectivity index (χ2n) is 3.68. The molecular weight excluding hydrogens is 160 g/mol. The van der Waals surface area contributed by atoms with Crippen LogP contribution in [0, 0.1) is 0 Å². The van der Waals surface area contributed by atoms with E-state index in [2.05, 4.69) is 6.55 Å². The van der Waals surface area contributed by atoms with Crippen molar-refractivity contribution in [2.45, 2.75) is 50.7 Å². The van der Waals surface area contributed by atoms with Gasteiger partial charge in [-0.1, -0.05) is 38.7 Å². The van der Waals surface area contributed by atoms with Crippen LogP contribution in [0.25, 0.3) is 0 Å². The van der Waals surface area contributed by atoms with Crippen LogP contribution in [0.3, 0.4) is 0 Å². The smallest absolute Gasteiger partial charge is 0.153 e. The van der Waals surface area contributed by atoms with Crippen LogP contribution in [-0.2, 0) is 0 Å². The first-order valence-corrected chi connectivity index (χ1v) is 8.32. The Morgan fingerprint density at radius 2 is 1.30 bits per heavy atom. The summed E-state index contributed by atoms with van der Waals surface area (Å²) in [5.41, 5.74) is 0. The molecule has 0 bridgehead atoms. The molecular formula is C8H17ClSi. The summed E-state index contributed by atoms with van der Waals surface area (Å²) in [5, 5.41) is 0. The molecule has 0 aromatic carbocycles. The third-order valence-corrected chi connectivity index (χ3v) is 6.32. The summed E-state index contributed by atoms with van der Waals surface area (Å²) in [7, 11) is -1.20. The van der Waals surface area contributed by atoms with E-state index in [9.17, 15) is 0 Å². The molecule has 0 spiro atoms. The highest BCUT2D eigenvalue weighted by molar-refractivity contribution is 7.19. The Kier molecular flexibility index (Phi) is 3.24. The molecule has 60 valence electrons. The summed E-state index contributed by atoms with van der Waals surface area (Å²) in [4.78, 5) is 0. The van der Waals surface area contributed by atoms with Crippen molar-refractivity contribution in [1.29, 1.82) is 0 Å². The Morgan fingerprint density at radius 1 is 0.900 bits per heavy atom. The molecule has 2 heteroatoms. The van der Waals surface area contributed by atoms with Crippen LogP contribution in [0.1, 0.15) is 32.1 Å². The fraction of sp³-hybridized carbons (Fsp3) is 1.00. The SMILES string of the molecule is C[Si]1(Cl)CCCCCCC1. The van der Waals surface area contributed by atoms with Crippen molar-refractivity contribution in [3.05, 3.63) is 0 Å². The molecule has 0 aromatic rings. The van der Waals surface area contributed by atoms with Gasteiger partial charge in [-0.25, -0.2) is 0 Å². The van der Waals surface area contributed by atoms with Gasteiger partial charge in [0, 0.05) is 0 Å². The molecule has 0 unspecified atom stereocenters. The fourth-order valence-corrected chi connectivity index (χ4v) is 4.67. The quantitative estimate of drug-likeness (QED) is 0.390. The molecule has 0 saturated carbocycles. The maximum atomic E-state index is 6.39. The number of rotatable bonds is 0. The molecule has 1 aliphatic rings. The lowest BCUT2D eigenvalue weighted by molar-refractivity contribution is 0.634. The average Bonchev–Trinajstić information content (AvgIpc) is 1.81. The van der Waals surface area contributed by atoms with Crippen LogP contribution in [0.4, 0.5) is 0 Å². The Morgan fingerprint density at radius 3 is 1.80 bits per heavy atom. The largest absolute Gasteiger partial charge is 0.167 e. The van der Waals surface area contributed by atoms with E-state index in [1.165, 1.54) is 44.2 Å². The molecule has 1 saturated heterocycles. The third kappa shape index (κ3) is 3.06. The topological polar surface area (TPSA) is 0 Å². The van der Waals surface area contributed by atoms with Gasteiger partial charge >= 0.3 is 0 Å². The minimum absolute atomic E-state index is 1.20. The van der Waals surface area contributed by atoms with Crippen LogP contribution in [-0.4, -0.2) is 7.38 Å². The van der Waals surface area contributed by atoms with E-state index < -0.39 is 7.38 Å². The van der Waals surface area contributed by atoms with Crippen molar-refractivity contribution in [2.75, 3.05) is 0 Å². The fourth-order valence-electron chi connectivity index (χ4n) is 1.64. The van der Waals surface area contributed by atoms with Crippen molar-refractivity contribution in [3.8, 4) is 0 Å². The van der Waals surface area contributed by atoms with Gasteiger partial charge in [-0.15, -0.1) is 0 Å². The van der Waals surface area contributed by atoms with Crippen LogP contribution < -0.4 is 0 Å². The molecule has 1 aliphatic heterocycles. The zero-order valence-corrected chi connectivity index (χ0v) is 8.58. The second kappa shape index (κ2) is 3.77. The highest BCUT2D eigenvalue weighted by Gasteiger charge is 2.23. The molecule has 10 heavy (non-hydrogen) atoms. The molecule has 0 atom stereocenters. The van der Waals surface area contributed by atoms with Gasteiger partial charge in [0.2, 0.25) is 0 Å². The number of hydrogen-bond donors (Lipinski definition) is 0. The van der Waals surface area contributed by atoms with Gasteiger partial charge in [-0.2, -0.15) is 11.1 Å². The standard InChI is InChI=1S/C8H17ClSi/c1-10(9)7-5-3-2-4-6-8-10/h2-8H2,1H3. The molecule has 0 aromatic heterocycles. The summed E-state index contributed by atoms with van der Waals surface area (Å²) in [5.74, 6) is 0. The zero-order valence-electron chi connectivity index (χ0n) is 6.83. The van der Waals surface area contributed by atoms with E-state index in [4.69, 9.17) is 11.1 Å². The van der Waals surface area contributed by atoms with Gasteiger partial charge < -0.3 is 0 Å². The minimum atomic E-state index is -1.20. The summed E-state index contributed by atoms with van der Waals surface area (Å²) < 4.78 is 0. The van der Waals surface area contributed by atoms with Gasteiger partial charge in [0.25, 0.3) is 0 Å². The maximum Gasteiger partial charge on any atom is 0.153 e. The average molecular weight is 177 g/mol.